The Balaban J connectivity index is 0.884. The van der Waals surface area contributed by atoms with E-state index in [1.54, 1.807) is 0 Å². The van der Waals surface area contributed by atoms with Gasteiger partial charge in [0.2, 0.25) is 5.91 Å². The van der Waals surface area contributed by atoms with Crippen molar-refractivity contribution in [3.05, 3.63) is 5.82 Å². The Morgan fingerprint density at radius 1 is 0.394 bits per heavy atom. The van der Waals surface area contributed by atoms with Crippen molar-refractivity contribution in [3.63, 3.8) is 0 Å². The molecule has 1 aliphatic carbocycles. The van der Waals surface area contributed by atoms with E-state index in [9.17, 15) is 4.79 Å². The predicted octanol–water partition coefficient (Wildman–Crippen LogP) is 3.21. The topological polar surface area (TPSA) is 355 Å². The Bertz CT molecular complexity index is 2150. The summed E-state index contributed by atoms with van der Waals surface area (Å²) in [6.07, 6.45) is 7.52. The number of fused-ring (bicyclic) bond motifs is 1. The third-order valence-corrected chi connectivity index (χ3v) is 15.1. The van der Waals surface area contributed by atoms with Crippen molar-refractivity contribution in [1.82, 2.24) is 25.1 Å². The van der Waals surface area contributed by atoms with Gasteiger partial charge in [0, 0.05) is 32.5 Å². The molecule has 0 radical (unpaired) electrons. The van der Waals surface area contributed by atoms with Crippen molar-refractivity contribution in [1.29, 1.82) is 0 Å². The molecule has 1 aliphatic rings. The first-order valence-electron chi connectivity index (χ1n) is 37.9. The Kier molecular flexibility index (Phi) is 67.2. The first kappa shape index (κ1) is 94.8. The Hall–Kier alpha value is -3.38. The van der Waals surface area contributed by atoms with Crippen LogP contribution in [0.4, 0.5) is 5.82 Å². The number of aromatic nitrogens is 4. The predicted molar refractivity (Wildman–Crippen MR) is 386 cm³/mol. The molecule has 5 N–H and O–H groups in total. The summed E-state index contributed by atoms with van der Waals surface area (Å²) in [5.74, 6) is 2.78. The Labute approximate surface area is 618 Å². The third kappa shape index (κ3) is 57.7. The fourth-order valence-electron chi connectivity index (χ4n) is 9.74. The summed E-state index contributed by atoms with van der Waals surface area (Å²) in [6, 6.07) is 0. The van der Waals surface area contributed by atoms with E-state index < -0.39 is 0 Å². The fourth-order valence-corrected chi connectivity index (χ4v) is 9.74. The molecule has 0 saturated heterocycles. The number of unbranched alkanes of at least 4 members (excludes halogenated alkanes) is 1. The van der Waals surface area contributed by atoms with E-state index in [1.807, 2.05) is 13.8 Å². The number of amides is 1. The number of carbonyl (C=O) groups is 1. The summed E-state index contributed by atoms with van der Waals surface area (Å²) >= 11 is 0. The van der Waals surface area contributed by atoms with Crippen molar-refractivity contribution in [2.45, 2.75) is 84.8 Å². The molecule has 2 aromatic rings. The van der Waals surface area contributed by atoms with E-state index in [-0.39, 0.29) is 12.0 Å². The zero-order valence-electron chi connectivity index (χ0n) is 63.5. The molecule has 0 unspecified atom stereocenters. The van der Waals surface area contributed by atoms with Crippen LogP contribution in [-0.4, -0.2) is 362 Å². The molecule has 33 heteroatoms. The Morgan fingerprint density at radius 2 is 0.654 bits per heavy atom. The molecule has 1 amide bonds. The van der Waals surface area contributed by atoms with E-state index in [1.165, 1.54) is 0 Å². The number of carbonyl (C=O) groups excluding carboxylic acids is 1. The van der Waals surface area contributed by atoms with Crippen LogP contribution in [0, 0.1) is 11.8 Å². The van der Waals surface area contributed by atoms with Crippen molar-refractivity contribution in [2.24, 2.45) is 17.6 Å². The van der Waals surface area contributed by atoms with E-state index in [2.05, 4.69) is 27.0 Å². The molecule has 0 aromatic carbocycles. The van der Waals surface area contributed by atoms with Gasteiger partial charge in [-0.05, 0) is 57.8 Å². The van der Waals surface area contributed by atoms with Crippen molar-refractivity contribution < 1.29 is 123 Å². The summed E-state index contributed by atoms with van der Waals surface area (Å²) in [4.78, 5) is 17.5. The van der Waals surface area contributed by atoms with Crippen LogP contribution in [-0.2, 0) is 131 Å². The summed E-state index contributed by atoms with van der Waals surface area (Å²) in [5.41, 5.74) is 13.1. The lowest BCUT2D eigenvalue weighted by Gasteiger charge is -2.29. The van der Waals surface area contributed by atoms with Crippen LogP contribution in [0.2, 0.25) is 0 Å². The number of aryl methyl sites for hydroxylation is 1. The number of hydrogen-bond donors (Lipinski definition) is 3. The smallest absolute Gasteiger partial charge is 0.260 e. The van der Waals surface area contributed by atoms with Crippen LogP contribution in [0.1, 0.15) is 71.5 Å². The van der Waals surface area contributed by atoms with Crippen LogP contribution >= 0.6 is 0 Å². The molecule has 104 heavy (non-hydrogen) atoms. The zero-order valence-corrected chi connectivity index (χ0v) is 63.5. The molecular formula is C71H135N7O26. The number of anilines is 1. The fraction of sp³-hybridized carbons (Fsp3) is 0.915. The van der Waals surface area contributed by atoms with Gasteiger partial charge in [0.25, 0.3) is 5.88 Å². The highest BCUT2D eigenvalue weighted by Crippen LogP contribution is 2.34. The maximum Gasteiger partial charge on any atom is 0.260 e. The van der Waals surface area contributed by atoms with Gasteiger partial charge in [0.1, 0.15) is 16.9 Å². The Morgan fingerprint density at radius 3 is 0.913 bits per heavy atom. The number of rotatable bonds is 83. The lowest BCUT2D eigenvalue weighted by Crippen LogP contribution is -2.32. The number of nitrogens with two attached hydrogens (primary N) is 2. The van der Waals surface area contributed by atoms with Crippen LogP contribution in [0.3, 0.4) is 0 Å². The molecule has 2 aromatic heterocycles. The quantitative estimate of drug-likeness (QED) is 0.0800. The monoisotopic (exact) mass is 1500 g/mol. The van der Waals surface area contributed by atoms with Gasteiger partial charge in [-0.2, -0.15) is 0 Å². The second kappa shape index (κ2) is 73.7. The molecule has 2 heterocycles. The summed E-state index contributed by atoms with van der Waals surface area (Å²) < 4.78 is 141. The van der Waals surface area contributed by atoms with Crippen LogP contribution in [0.5, 0.6) is 5.88 Å². The molecule has 0 spiro atoms. The van der Waals surface area contributed by atoms with Crippen molar-refractivity contribution in [2.75, 3.05) is 336 Å². The maximum absolute atomic E-state index is 12.6. The zero-order chi connectivity index (χ0) is 74.0. The van der Waals surface area contributed by atoms with E-state index in [4.69, 9.17) is 135 Å². The van der Waals surface area contributed by atoms with Gasteiger partial charge in [-0.3, -0.25) is 4.79 Å². The highest BCUT2D eigenvalue weighted by Gasteiger charge is 2.26. The highest BCUT2D eigenvalue weighted by atomic mass is 16.6. The van der Waals surface area contributed by atoms with Crippen LogP contribution in [0.25, 0.3) is 11.0 Å². The second-order valence-corrected chi connectivity index (χ2v) is 23.9. The lowest BCUT2D eigenvalue weighted by molar-refractivity contribution is -0.122. The highest BCUT2D eigenvalue weighted by molar-refractivity contribution is 5.88. The minimum Gasteiger partial charge on any atom is -0.472 e. The first-order chi connectivity index (χ1) is 51.4. The molecule has 0 aliphatic heterocycles. The molecule has 1 saturated carbocycles. The number of nitrogen functional groups attached to an aromatic ring is 1. The summed E-state index contributed by atoms with van der Waals surface area (Å²) in [5, 5.41) is 11.6. The standard InChI is InChI=1S/C71H135N7O26/c1-4-5-6-66-75-68-69(71(104-63(2)3)77-76-70(68)73)78(66)62-65-9-7-64(8-10-65)61-74-67(79)11-13-80-15-17-82-19-21-84-23-25-86-27-29-88-31-33-90-35-37-92-39-41-94-43-45-96-47-49-98-51-53-100-55-57-102-59-60-103-58-56-101-54-52-99-50-48-97-46-44-95-42-40-93-38-36-91-34-32-89-30-28-87-26-24-85-22-20-83-18-16-81-14-12-72/h63-65H,4-62,72H2,1-3H3,(H2,73,76)(H,74,79). The molecule has 3 rings (SSSR count). The van der Waals surface area contributed by atoms with Gasteiger partial charge in [-0.1, -0.05) is 13.3 Å². The molecule has 610 valence electrons. The van der Waals surface area contributed by atoms with E-state index in [0.29, 0.717) is 366 Å². The average Bonchev–Trinajstić information content (AvgIpc) is 1.61. The molecular weight excluding hydrogens is 1370 g/mol. The van der Waals surface area contributed by atoms with Gasteiger partial charge < -0.3 is 140 Å². The molecule has 33 nitrogen and oxygen atoms in total. The van der Waals surface area contributed by atoms with Gasteiger partial charge in [-0.15, -0.1) is 10.2 Å². The minimum absolute atomic E-state index is 0.00828. The van der Waals surface area contributed by atoms with Crippen molar-refractivity contribution >= 4 is 22.8 Å². The van der Waals surface area contributed by atoms with E-state index >= 15 is 0 Å². The molecule has 0 bridgehead atoms. The lowest BCUT2D eigenvalue weighted by atomic mass is 9.82. The first-order valence-corrected chi connectivity index (χ1v) is 37.9. The number of imidazole rings is 1. The normalized spacial score (nSPS) is 14.1. The number of ether oxygens (including phenoxy) is 25. The molecule has 0 atom stereocenters. The number of hydrogen-bond acceptors (Lipinski definition) is 31. The van der Waals surface area contributed by atoms with Gasteiger partial charge in [-0.25, -0.2) is 4.98 Å². The number of nitrogens with zero attached hydrogens (tertiary/aromatic N) is 4. The third-order valence-electron chi connectivity index (χ3n) is 15.1. The maximum atomic E-state index is 12.6. The van der Waals surface area contributed by atoms with Crippen LogP contribution < -0.4 is 21.5 Å². The minimum atomic E-state index is -0.0475. The van der Waals surface area contributed by atoms with E-state index in [0.717, 1.165) is 62.8 Å². The van der Waals surface area contributed by atoms with Gasteiger partial charge >= 0.3 is 0 Å². The summed E-state index contributed by atoms with van der Waals surface area (Å²) in [7, 11) is 0. The van der Waals surface area contributed by atoms with Crippen molar-refractivity contribution in [3.8, 4) is 5.88 Å². The van der Waals surface area contributed by atoms with Gasteiger partial charge in [0.05, 0.1) is 323 Å². The van der Waals surface area contributed by atoms with Gasteiger partial charge in [0.15, 0.2) is 5.82 Å². The second-order valence-electron chi connectivity index (χ2n) is 23.9. The van der Waals surface area contributed by atoms with Crippen LogP contribution in [0.15, 0.2) is 0 Å². The SMILES string of the molecule is CCCCc1nc2c(N)nnc(OC(C)C)c2n1CC1CCC(CNC(=O)CCOCCOCCOCCOCCOCCOCCOCCOCCOCCOCCOCCOCCOCCOCCOCCOCCOCCOCCOCCOCCOCCOCCOCCOCCN)CC1. The largest absolute Gasteiger partial charge is 0.472 e. The number of nitrogens with one attached hydrogen (secondary N) is 1. The summed E-state index contributed by atoms with van der Waals surface area (Å²) in [6.45, 7) is 31.3. The average molecular weight is 1500 g/mol. The molecule has 1 fully saturated rings.